The molecule has 26 heavy (non-hydrogen) atoms. The fourth-order valence-electron chi connectivity index (χ4n) is 2.58. The number of rotatable bonds is 6. The predicted octanol–water partition coefficient (Wildman–Crippen LogP) is 2.78. The molecule has 1 atom stereocenters. The number of nitrogens with one attached hydrogen (secondary N) is 1. The van der Waals surface area contributed by atoms with Crippen LogP contribution in [0.2, 0.25) is 0 Å². The van der Waals surface area contributed by atoms with Crippen LogP contribution in [0.25, 0.3) is 5.69 Å². The largest absolute Gasteiger partial charge is 0.497 e. The number of benzene rings is 2. The highest BCUT2D eigenvalue weighted by molar-refractivity contribution is 5.92. The number of para-hydroxylation sites is 1. The van der Waals surface area contributed by atoms with E-state index in [2.05, 4.69) is 15.5 Å². The Bertz CT molecular complexity index is 893. The van der Waals surface area contributed by atoms with Gasteiger partial charge in [-0.3, -0.25) is 4.79 Å². The van der Waals surface area contributed by atoms with Crippen molar-refractivity contribution < 1.29 is 14.3 Å². The van der Waals surface area contributed by atoms with E-state index in [-0.39, 0.29) is 17.6 Å². The first kappa shape index (κ1) is 17.5. The van der Waals surface area contributed by atoms with E-state index < -0.39 is 0 Å². The van der Waals surface area contributed by atoms with E-state index in [1.165, 1.54) is 11.0 Å². The lowest BCUT2D eigenvalue weighted by Crippen LogP contribution is -2.27. The molecule has 1 N–H and O–H groups in total. The number of methoxy groups -OCH3 is 2. The summed E-state index contributed by atoms with van der Waals surface area (Å²) in [6, 6.07) is 14.6. The molecular formula is C19H20N4O3. The zero-order valence-corrected chi connectivity index (χ0v) is 14.8. The number of hydrogen-bond acceptors (Lipinski definition) is 5. The molecule has 0 radical (unpaired) electrons. The van der Waals surface area contributed by atoms with Gasteiger partial charge >= 0.3 is 0 Å². The summed E-state index contributed by atoms with van der Waals surface area (Å²) < 4.78 is 10.6. The normalized spacial score (nSPS) is 11.7. The number of hydrogen-bond donors (Lipinski definition) is 1. The van der Waals surface area contributed by atoms with E-state index in [1.807, 2.05) is 55.5 Å². The number of aromatic nitrogens is 3. The number of ether oxygens (including phenoxy) is 2. The van der Waals surface area contributed by atoms with Crippen molar-refractivity contribution in [2.45, 2.75) is 13.0 Å². The SMILES string of the molecule is COc1ccc(OC)c(C(C)NC(=O)c2cnn(-c3ccccc3)n2)c1. The first-order valence-corrected chi connectivity index (χ1v) is 8.13. The van der Waals surface area contributed by atoms with E-state index in [0.717, 1.165) is 11.3 Å². The topological polar surface area (TPSA) is 78.3 Å². The molecule has 7 heteroatoms. The van der Waals surface area contributed by atoms with Crippen LogP contribution in [-0.2, 0) is 0 Å². The third-order valence-electron chi connectivity index (χ3n) is 3.96. The van der Waals surface area contributed by atoms with Crippen molar-refractivity contribution in [3.8, 4) is 17.2 Å². The van der Waals surface area contributed by atoms with Gasteiger partial charge in [-0.25, -0.2) is 0 Å². The molecule has 0 aliphatic carbocycles. The summed E-state index contributed by atoms with van der Waals surface area (Å²) in [6.45, 7) is 1.87. The van der Waals surface area contributed by atoms with Crippen LogP contribution < -0.4 is 14.8 Å². The van der Waals surface area contributed by atoms with Crippen molar-refractivity contribution in [3.63, 3.8) is 0 Å². The van der Waals surface area contributed by atoms with Gasteiger partial charge in [0.1, 0.15) is 11.5 Å². The average Bonchev–Trinajstić information content (AvgIpc) is 3.18. The average molecular weight is 352 g/mol. The molecule has 0 saturated heterocycles. The van der Waals surface area contributed by atoms with Gasteiger partial charge in [0.05, 0.1) is 32.1 Å². The summed E-state index contributed by atoms with van der Waals surface area (Å²) in [5, 5.41) is 11.3. The highest BCUT2D eigenvalue weighted by Crippen LogP contribution is 2.29. The lowest BCUT2D eigenvalue weighted by Gasteiger charge is -2.17. The van der Waals surface area contributed by atoms with Crippen molar-refractivity contribution in [2.24, 2.45) is 0 Å². The van der Waals surface area contributed by atoms with Crippen LogP contribution in [0.5, 0.6) is 11.5 Å². The Labute approximate surface area is 151 Å². The van der Waals surface area contributed by atoms with Crippen molar-refractivity contribution in [1.82, 2.24) is 20.3 Å². The second-order valence-electron chi connectivity index (χ2n) is 5.66. The van der Waals surface area contributed by atoms with Crippen molar-refractivity contribution in [3.05, 3.63) is 66.0 Å². The van der Waals surface area contributed by atoms with Gasteiger partial charge in [0.25, 0.3) is 5.91 Å². The smallest absolute Gasteiger partial charge is 0.273 e. The Morgan fingerprint density at radius 3 is 2.58 bits per heavy atom. The summed E-state index contributed by atoms with van der Waals surface area (Å²) in [4.78, 5) is 14.0. The molecule has 3 rings (SSSR count). The third kappa shape index (κ3) is 3.66. The van der Waals surface area contributed by atoms with E-state index in [0.29, 0.717) is 11.5 Å². The Morgan fingerprint density at radius 1 is 1.12 bits per heavy atom. The molecule has 134 valence electrons. The molecule has 0 fully saturated rings. The van der Waals surface area contributed by atoms with Gasteiger partial charge in [-0.05, 0) is 37.3 Å². The fourth-order valence-corrected chi connectivity index (χ4v) is 2.58. The van der Waals surface area contributed by atoms with E-state index in [9.17, 15) is 4.79 Å². The Hall–Kier alpha value is -3.35. The van der Waals surface area contributed by atoms with Gasteiger partial charge in [0, 0.05) is 5.56 Å². The number of nitrogens with zero attached hydrogens (tertiary/aromatic N) is 3. The quantitative estimate of drug-likeness (QED) is 0.738. The molecule has 1 heterocycles. The first-order valence-electron chi connectivity index (χ1n) is 8.13. The molecule has 1 unspecified atom stereocenters. The molecule has 0 saturated carbocycles. The minimum Gasteiger partial charge on any atom is -0.497 e. The van der Waals surface area contributed by atoms with Crippen LogP contribution in [-0.4, -0.2) is 35.1 Å². The van der Waals surface area contributed by atoms with Crippen LogP contribution in [0.1, 0.15) is 29.0 Å². The van der Waals surface area contributed by atoms with Crippen molar-refractivity contribution >= 4 is 5.91 Å². The maximum Gasteiger partial charge on any atom is 0.273 e. The summed E-state index contributed by atoms with van der Waals surface area (Å²) in [7, 11) is 3.18. The highest BCUT2D eigenvalue weighted by Gasteiger charge is 2.18. The third-order valence-corrected chi connectivity index (χ3v) is 3.96. The number of amides is 1. The minimum atomic E-state index is -0.315. The van der Waals surface area contributed by atoms with Crippen LogP contribution >= 0.6 is 0 Å². The van der Waals surface area contributed by atoms with Crippen LogP contribution in [0, 0.1) is 0 Å². The molecular weight excluding hydrogens is 332 g/mol. The van der Waals surface area contributed by atoms with Gasteiger partial charge in [-0.15, -0.1) is 5.10 Å². The molecule has 1 amide bonds. The van der Waals surface area contributed by atoms with E-state index in [1.54, 1.807) is 14.2 Å². The Kier molecular flexibility index (Phi) is 5.17. The van der Waals surface area contributed by atoms with Crippen LogP contribution in [0.3, 0.4) is 0 Å². The van der Waals surface area contributed by atoms with E-state index >= 15 is 0 Å². The second-order valence-corrected chi connectivity index (χ2v) is 5.66. The van der Waals surface area contributed by atoms with Crippen molar-refractivity contribution in [2.75, 3.05) is 14.2 Å². The standard InChI is InChI=1S/C19H20N4O3/c1-13(16-11-15(25-2)9-10-18(16)26-3)21-19(24)17-12-20-23(22-17)14-7-5-4-6-8-14/h4-13H,1-3H3,(H,21,24). The zero-order chi connectivity index (χ0) is 18.5. The van der Waals surface area contributed by atoms with E-state index in [4.69, 9.17) is 9.47 Å². The maximum atomic E-state index is 12.5. The van der Waals surface area contributed by atoms with Gasteiger partial charge in [0.2, 0.25) is 0 Å². The number of carbonyl (C=O) groups is 1. The molecule has 3 aromatic rings. The highest BCUT2D eigenvalue weighted by atomic mass is 16.5. The summed E-state index contributed by atoms with van der Waals surface area (Å²) in [5.74, 6) is 1.05. The molecule has 0 aliphatic rings. The predicted molar refractivity (Wildman–Crippen MR) is 96.8 cm³/mol. The lowest BCUT2D eigenvalue weighted by molar-refractivity contribution is 0.0934. The van der Waals surface area contributed by atoms with Gasteiger partial charge in [0.15, 0.2) is 5.69 Å². The molecule has 7 nitrogen and oxygen atoms in total. The molecule has 2 aromatic carbocycles. The minimum absolute atomic E-state index is 0.238. The summed E-state index contributed by atoms with van der Waals surface area (Å²) in [5.41, 5.74) is 1.84. The van der Waals surface area contributed by atoms with Gasteiger partial charge in [-0.1, -0.05) is 18.2 Å². The zero-order valence-electron chi connectivity index (χ0n) is 14.8. The molecule has 1 aromatic heterocycles. The monoisotopic (exact) mass is 352 g/mol. The summed E-state index contributed by atoms with van der Waals surface area (Å²) in [6.07, 6.45) is 1.44. The molecule has 0 bridgehead atoms. The molecule has 0 spiro atoms. The lowest BCUT2D eigenvalue weighted by atomic mass is 10.1. The van der Waals surface area contributed by atoms with Gasteiger partial charge < -0.3 is 14.8 Å². The number of carbonyl (C=O) groups excluding carboxylic acids is 1. The first-order chi connectivity index (χ1) is 12.6. The van der Waals surface area contributed by atoms with Crippen LogP contribution in [0.4, 0.5) is 0 Å². The summed E-state index contributed by atoms with van der Waals surface area (Å²) >= 11 is 0. The van der Waals surface area contributed by atoms with Crippen molar-refractivity contribution in [1.29, 1.82) is 0 Å². The molecule has 0 aliphatic heterocycles. The Balaban J connectivity index is 1.77. The maximum absolute atomic E-state index is 12.5. The van der Waals surface area contributed by atoms with Crippen LogP contribution in [0.15, 0.2) is 54.7 Å². The second kappa shape index (κ2) is 7.69. The fraction of sp³-hybridized carbons (Fsp3) is 0.211. The Morgan fingerprint density at radius 2 is 1.88 bits per heavy atom. The van der Waals surface area contributed by atoms with Gasteiger partial charge in [-0.2, -0.15) is 9.90 Å².